The molecule has 1 N–H and O–H groups in total. The first-order valence-corrected chi connectivity index (χ1v) is 9.32. The fourth-order valence-electron chi connectivity index (χ4n) is 2.44. The number of carboxylic acids is 1. The van der Waals surface area contributed by atoms with Gasteiger partial charge >= 0.3 is 5.97 Å². The standard InChI is InChI=1S/C19H16O3S2/c1-22-14-7-3-13(4-8-14)18-16(11-17(24-18)19(20)21)12-5-9-15(23-2)10-6-12/h3-11H,1-2H3,(H,20,21). The molecule has 0 fully saturated rings. The Morgan fingerprint density at radius 3 is 2.21 bits per heavy atom. The number of benzene rings is 2. The van der Waals surface area contributed by atoms with Crippen molar-refractivity contribution in [2.45, 2.75) is 4.90 Å². The first-order valence-electron chi connectivity index (χ1n) is 7.28. The van der Waals surface area contributed by atoms with Crippen LogP contribution in [0.3, 0.4) is 0 Å². The molecule has 3 aromatic rings. The number of hydrogen-bond acceptors (Lipinski definition) is 4. The van der Waals surface area contributed by atoms with E-state index >= 15 is 0 Å². The zero-order valence-electron chi connectivity index (χ0n) is 13.3. The molecule has 24 heavy (non-hydrogen) atoms. The quantitative estimate of drug-likeness (QED) is 0.612. The molecule has 0 atom stereocenters. The third-order valence-corrected chi connectivity index (χ3v) is 5.61. The van der Waals surface area contributed by atoms with Crippen LogP contribution in [0.1, 0.15) is 9.67 Å². The van der Waals surface area contributed by atoms with Crippen LogP contribution in [0.25, 0.3) is 21.6 Å². The Labute approximate surface area is 148 Å². The zero-order valence-corrected chi connectivity index (χ0v) is 14.9. The van der Waals surface area contributed by atoms with Gasteiger partial charge in [0.1, 0.15) is 10.6 Å². The highest BCUT2D eigenvalue weighted by molar-refractivity contribution is 7.98. The summed E-state index contributed by atoms with van der Waals surface area (Å²) in [4.78, 5) is 13.9. The maximum Gasteiger partial charge on any atom is 0.345 e. The number of aromatic carboxylic acids is 1. The minimum atomic E-state index is -0.901. The van der Waals surface area contributed by atoms with E-state index < -0.39 is 5.97 Å². The molecule has 1 heterocycles. The van der Waals surface area contributed by atoms with E-state index in [1.54, 1.807) is 24.9 Å². The number of carboxylic acid groups (broad SMARTS) is 1. The number of rotatable bonds is 5. The van der Waals surface area contributed by atoms with Gasteiger partial charge < -0.3 is 9.84 Å². The van der Waals surface area contributed by atoms with Crippen LogP contribution in [0.4, 0.5) is 0 Å². The fraction of sp³-hybridized carbons (Fsp3) is 0.105. The van der Waals surface area contributed by atoms with Gasteiger partial charge in [0, 0.05) is 15.3 Å². The van der Waals surface area contributed by atoms with Crippen molar-refractivity contribution < 1.29 is 14.6 Å². The van der Waals surface area contributed by atoms with Gasteiger partial charge in [-0.05, 0) is 59.8 Å². The monoisotopic (exact) mass is 356 g/mol. The number of hydrogen-bond donors (Lipinski definition) is 1. The summed E-state index contributed by atoms with van der Waals surface area (Å²) >= 11 is 2.98. The van der Waals surface area contributed by atoms with Crippen molar-refractivity contribution in [1.29, 1.82) is 0 Å². The molecule has 0 aliphatic rings. The maximum absolute atomic E-state index is 11.4. The van der Waals surface area contributed by atoms with Crippen LogP contribution in [0.15, 0.2) is 59.5 Å². The van der Waals surface area contributed by atoms with E-state index in [4.69, 9.17) is 4.74 Å². The number of methoxy groups -OCH3 is 1. The van der Waals surface area contributed by atoms with Crippen molar-refractivity contribution in [1.82, 2.24) is 0 Å². The van der Waals surface area contributed by atoms with Gasteiger partial charge in [0.2, 0.25) is 0 Å². The second-order valence-corrected chi connectivity index (χ2v) is 7.05. The minimum Gasteiger partial charge on any atom is -0.497 e. The third kappa shape index (κ3) is 3.32. The van der Waals surface area contributed by atoms with Gasteiger partial charge in [0.25, 0.3) is 0 Å². The van der Waals surface area contributed by atoms with Crippen LogP contribution in [0, 0.1) is 0 Å². The maximum atomic E-state index is 11.4. The molecule has 0 amide bonds. The smallest absolute Gasteiger partial charge is 0.345 e. The van der Waals surface area contributed by atoms with Gasteiger partial charge in [-0.2, -0.15) is 0 Å². The fourth-order valence-corrected chi connectivity index (χ4v) is 3.87. The van der Waals surface area contributed by atoms with Crippen molar-refractivity contribution in [3.8, 4) is 27.3 Å². The summed E-state index contributed by atoms with van der Waals surface area (Å²) in [5, 5.41) is 9.37. The van der Waals surface area contributed by atoms with E-state index in [0.29, 0.717) is 4.88 Å². The highest BCUT2D eigenvalue weighted by atomic mass is 32.2. The van der Waals surface area contributed by atoms with Gasteiger partial charge in [0.15, 0.2) is 0 Å². The molecule has 2 aromatic carbocycles. The summed E-state index contributed by atoms with van der Waals surface area (Å²) in [5.41, 5.74) is 2.94. The lowest BCUT2D eigenvalue weighted by Crippen LogP contribution is -1.89. The lowest BCUT2D eigenvalue weighted by Gasteiger charge is -2.06. The van der Waals surface area contributed by atoms with Crippen LogP contribution in [-0.4, -0.2) is 24.4 Å². The molecule has 0 bridgehead atoms. The molecule has 0 saturated carbocycles. The van der Waals surface area contributed by atoms with Crippen molar-refractivity contribution in [2.24, 2.45) is 0 Å². The molecule has 0 saturated heterocycles. The summed E-state index contributed by atoms with van der Waals surface area (Å²) in [6.45, 7) is 0. The lowest BCUT2D eigenvalue weighted by molar-refractivity contribution is 0.0702. The lowest BCUT2D eigenvalue weighted by atomic mass is 10.0. The summed E-state index contributed by atoms with van der Waals surface area (Å²) in [7, 11) is 1.63. The Hall–Kier alpha value is -2.24. The van der Waals surface area contributed by atoms with E-state index in [1.165, 1.54) is 16.2 Å². The van der Waals surface area contributed by atoms with Gasteiger partial charge in [0.05, 0.1) is 7.11 Å². The molecule has 5 heteroatoms. The topological polar surface area (TPSA) is 46.5 Å². The molecule has 0 aliphatic heterocycles. The highest BCUT2D eigenvalue weighted by Gasteiger charge is 2.16. The van der Waals surface area contributed by atoms with Crippen molar-refractivity contribution >= 4 is 29.1 Å². The number of ether oxygens (including phenoxy) is 1. The van der Waals surface area contributed by atoms with Crippen LogP contribution in [0.5, 0.6) is 5.75 Å². The first kappa shape index (κ1) is 16.6. The SMILES string of the molecule is COc1ccc(-c2sc(C(=O)O)cc2-c2ccc(SC)cc2)cc1. The number of carbonyl (C=O) groups is 1. The predicted octanol–water partition coefficient (Wildman–Crippen LogP) is 5.51. The second kappa shape index (κ2) is 7.11. The predicted molar refractivity (Wildman–Crippen MR) is 100 cm³/mol. The van der Waals surface area contributed by atoms with Crippen molar-refractivity contribution in [3.63, 3.8) is 0 Å². The van der Waals surface area contributed by atoms with Gasteiger partial charge in [-0.3, -0.25) is 0 Å². The average Bonchev–Trinajstić information content (AvgIpc) is 3.07. The van der Waals surface area contributed by atoms with Crippen LogP contribution >= 0.6 is 23.1 Å². The molecule has 3 nitrogen and oxygen atoms in total. The zero-order chi connectivity index (χ0) is 17.1. The number of thiophene rings is 1. The molecule has 0 aliphatic carbocycles. The Morgan fingerprint density at radius 1 is 1.04 bits per heavy atom. The Bertz CT molecular complexity index is 784. The molecule has 1 aromatic heterocycles. The van der Waals surface area contributed by atoms with E-state index in [9.17, 15) is 9.90 Å². The normalized spacial score (nSPS) is 10.6. The third-order valence-electron chi connectivity index (χ3n) is 3.70. The Morgan fingerprint density at radius 2 is 1.67 bits per heavy atom. The van der Waals surface area contributed by atoms with Crippen LogP contribution < -0.4 is 4.74 Å². The first-order chi connectivity index (χ1) is 11.6. The molecule has 0 spiro atoms. The van der Waals surface area contributed by atoms with Crippen molar-refractivity contribution in [3.05, 3.63) is 59.5 Å². The summed E-state index contributed by atoms with van der Waals surface area (Å²) in [6.07, 6.45) is 2.03. The molecular formula is C19H16O3S2. The van der Waals surface area contributed by atoms with Crippen molar-refractivity contribution in [2.75, 3.05) is 13.4 Å². The van der Waals surface area contributed by atoms with Crippen LogP contribution in [0.2, 0.25) is 0 Å². The molecule has 0 radical (unpaired) electrons. The molecule has 3 rings (SSSR count). The van der Waals surface area contributed by atoms with E-state index in [1.807, 2.05) is 42.7 Å². The molecule has 122 valence electrons. The Balaban J connectivity index is 2.10. The highest BCUT2D eigenvalue weighted by Crippen LogP contribution is 2.40. The summed E-state index contributed by atoms with van der Waals surface area (Å²) in [5.74, 6) is -0.124. The average molecular weight is 356 g/mol. The summed E-state index contributed by atoms with van der Waals surface area (Å²) < 4.78 is 5.20. The van der Waals surface area contributed by atoms with E-state index in [-0.39, 0.29) is 0 Å². The summed E-state index contributed by atoms with van der Waals surface area (Å²) in [6, 6.07) is 17.6. The minimum absolute atomic E-state index is 0.338. The second-order valence-electron chi connectivity index (χ2n) is 5.12. The molecule has 0 unspecified atom stereocenters. The van der Waals surface area contributed by atoms with Gasteiger partial charge in [-0.15, -0.1) is 23.1 Å². The van der Waals surface area contributed by atoms with Crippen LogP contribution in [-0.2, 0) is 0 Å². The van der Waals surface area contributed by atoms with Gasteiger partial charge in [-0.1, -0.05) is 12.1 Å². The van der Waals surface area contributed by atoms with E-state index in [2.05, 4.69) is 12.1 Å². The largest absolute Gasteiger partial charge is 0.497 e. The van der Waals surface area contributed by atoms with E-state index in [0.717, 1.165) is 27.3 Å². The molecular weight excluding hydrogens is 340 g/mol. The van der Waals surface area contributed by atoms with Gasteiger partial charge in [-0.25, -0.2) is 4.79 Å². The Kier molecular flexibility index (Phi) is 4.92. The number of thioether (sulfide) groups is 1.